The maximum Gasteiger partial charge on any atom is 0.323 e. The highest BCUT2D eigenvalue weighted by molar-refractivity contribution is 7.15. The van der Waals surface area contributed by atoms with Crippen LogP contribution in [-0.4, -0.2) is 58.5 Å². The second-order valence-corrected chi connectivity index (χ2v) is 5.40. The zero-order chi connectivity index (χ0) is 14.0. The summed E-state index contributed by atoms with van der Waals surface area (Å²) < 4.78 is 5.13. The predicted octanol–water partition coefficient (Wildman–Crippen LogP) is 0.410. The summed E-state index contributed by atoms with van der Waals surface area (Å²) in [6.45, 7) is 2.12. The summed E-state index contributed by atoms with van der Waals surface area (Å²) in [6, 6.07) is -0.899. The molecule has 19 heavy (non-hydrogen) atoms. The lowest BCUT2D eigenvalue weighted by Crippen LogP contribution is -2.45. The number of carboxylic acid groups (broad SMARTS) is 1. The van der Waals surface area contributed by atoms with E-state index in [0.717, 1.165) is 5.01 Å². The molecule has 2 rings (SSSR count). The van der Waals surface area contributed by atoms with Gasteiger partial charge in [0, 0.05) is 7.05 Å². The number of aliphatic carboxylic acids is 1. The standard InChI is InChI=1S/C10H14N4O4S/c1-5-12-13-9(19-5)11-10(17)14(2)7-4-18-3-6(7)8(15)16/h6-7H,3-4H2,1-2H3,(H,15,16)(H,11,13,17). The minimum atomic E-state index is -0.964. The van der Waals surface area contributed by atoms with Crippen LogP contribution in [0.2, 0.25) is 0 Å². The Hall–Kier alpha value is -1.74. The molecule has 1 aromatic heterocycles. The van der Waals surface area contributed by atoms with Crippen LogP contribution in [0.3, 0.4) is 0 Å². The number of amides is 2. The maximum absolute atomic E-state index is 12.0. The predicted molar refractivity (Wildman–Crippen MR) is 67.2 cm³/mol. The second-order valence-electron chi connectivity index (χ2n) is 4.22. The van der Waals surface area contributed by atoms with Gasteiger partial charge in [0.2, 0.25) is 5.13 Å². The number of urea groups is 1. The maximum atomic E-state index is 12.0. The molecule has 8 nitrogen and oxygen atoms in total. The van der Waals surface area contributed by atoms with Crippen molar-refractivity contribution >= 4 is 28.5 Å². The topological polar surface area (TPSA) is 105 Å². The number of aromatic nitrogens is 2. The van der Waals surface area contributed by atoms with Gasteiger partial charge >= 0.3 is 12.0 Å². The number of hydrogen-bond donors (Lipinski definition) is 2. The van der Waals surface area contributed by atoms with Crippen molar-refractivity contribution < 1.29 is 19.4 Å². The van der Waals surface area contributed by atoms with Crippen molar-refractivity contribution in [3.63, 3.8) is 0 Å². The molecule has 104 valence electrons. The first kappa shape index (κ1) is 13.7. The molecule has 9 heteroatoms. The number of likely N-dealkylation sites (N-methyl/N-ethyl adjacent to an activating group) is 1. The van der Waals surface area contributed by atoms with Gasteiger partial charge < -0.3 is 14.7 Å². The largest absolute Gasteiger partial charge is 0.481 e. The van der Waals surface area contributed by atoms with Crippen LogP contribution in [0, 0.1) is 12.8 Å². The molecule has 2 atom stereocenters. The first-order chi connectivity index (χ1) is 8.99. The summed E-state index contributed by atoms with van der Waals surface area (Å²) in [6.07, 6.45) is 0. The fraction of sp³-hybridized carbons (Fsp3) is 0.600. The van der Waals surface area contributed by atoms with E-state index < -0.39 is 24.0 Å². The first-order valence-electron chi connectivity index (χ1n) is 5.63. The van der Waals surface area contributed by atoms with E-state index in [1.807, 2.05) is 0 Å². The third kappa shape index (κ3) is 2.99. The third-order valence-electron chi connectivity index (χ3n) is 2.93. The zero-order valence-electron chi connectivity index (χ0n) is 10.5. The SMILES string of the molecule is Cc1nnc(NC(=O)N(C)C2COCC2C(=O)O)s1. The summed E-state index contributed by atoms with van der Waals surface area (Å²) in [5.74, 6) is -1.67. The van der Waals surface area contributed by atoms with Gasteiger partial charge in [-0.25, -0.2) is 4.79 Å². The fourth-order valence-electron chi connectivity index (χ4n) is 1.84. The molecule has 1 aliphatic rings. The number of carbonyl (C=O) groups is 2. The first-order valence-corrected chi connectivity index (χ1v) is 6.45. The van der Waals surface area contributed by atoms with Crippen LogP contribution in [-0.2, 0) is 9.53 Å². The number of anilines is 1. The normalized spacial score (nSPS) is 22.2. The van der Waals surface area contributed by atoms with Crippen LogP contribution in [0.25, 0.3) is 0 Å². The van der Waals surface area contributed by atoms with E-state index in [0.29, 0.717) is 5.13 Å². The average molecular weight is 286 g/mol. The lowest BCUT2D eigenvalue weighted by Gasteiger charge is -2.25. The number of ether oxygens (including phenoxy) is 1. The van der Waals surface area contributed by atoms with Crippen LogP contribution >= 0.6 is 11.3 Å². The highest BCUT2D eigenvalue weighted by atomic mass is 32.1. The number of hydrogen-bond acceptors (Lipinski definition) is 6. The monoisotopic (exact) mass is 286 g/mol. The minimum Gasteiger partial charge on any atom is -0.481 e. The minimum absolute atomic E-state index is 0.121. The molecule has 0 radical (unpaired) electrons. The van der Waals surface area contributed by atoms with Gasteiger partial charge in [-0.3, -0.25) is 10.1 Å². The van der Waals surface area contributed by atoms with Crippen molar-refractivity contribution in [1.29, 1.82) is 0 Å². The molecular formula is C10H14N4O4S. The smallest absolute Gasteiger partial charge is 0.323 e. The third-order valence-corrected chi connectivity index (χ3v) is 3.68. The van der Waals surface area contributed by atoms with E-state index in [9.17, 15) is 9.59 Å². The van der Waals surface area contributed by atoms with E-state index in [2.05, 4.69) is 15.5 Å². The number of carboxylic acids is 1. The molecular weight excluding hydrogens is 272 g/mol. The number of carbonyl (C=O) groups excluding carboxylic acids is 1. The van der Waals surface area contributed by atoms with E-state index in [1.54, 1.807) is 14.0 Å². The Balaban J connectivity index is 2.00. The fourth-order valence-corrected chi connectivity index (χ4v) is 2.42. The summed E-state index contributed by atoms with van der Waals surface area (Å²) >= 11 is 1.25. The Morgan fingerprint density at radius 1 is 1.47 bits per heavy atom. The van der Waals surface area contributed by atoms with Crippen LogP contribution in [0.1, 0.15) is 5.01 Å². The van der Waals surface area contributed by atoms with Gasteiger partial charge in [-0.05, 0) is 6.92 Å². The number of aryl methyl sites for hydroxylation is 1. The summed E-state index contributed by atoms with van der Waals surface area (Å²) in [4.78, 5) is 24.4. The van der Waals surface area contributed by atoms with Gasteiger partial charge in [0.1, 0.15) is 10.9 Å². The van der Waals surface area contributed by atoms with E-state index in [4.69, 9.17) is 9.84 Å². The Morgan fingerprint density at radius 3 is 2.79 bits per heavy atom. The highest BCUT2D eigenvalue weighted by Crippen LogP contribution is 2.20. The molecule has 0 aromatic carbocycles. The zero-order valence-corrected chi connectivity index (χ0v) is 11.3. The molecule has 2 heterocycles. The van der Waals surface area contributed by atoms with Gasteiger partial charge in [-0.2, -0.15) is 0 Å². The van der Waals surface area contributed by atoms with Gasteiger partial charge in [-0.15, -0.1) is 10.2 Å². The van der Waals surface area contributed by atoms with Crippen molar-refractivity contribution in [2.45, 2.75) is 13.0 Å². The Labute approximate surface area is 113 Å². The van der Waals surface area contributed by atoms with E-state index in [1.165, 1.54) is 16.2 Å². The number of rotatable bonds is 3. The Morgan fingerprint density at radius 2 is 2.21 bits per heavy atom. The van der Waals surface area contributed by atoms with Crippen LogP contribution in [0.15, 0.2) is 0 Å². The van der Waals surface area contributed by atoms with Gasteiger partial charge in [-0.1, -0.05) is 11.3 Å². The molecule has 1 aliphatic heterocycles. The molecule has 0 aliphatic carbocycles. The van der Waals surface area contributed by atoms with E-state index >= 15 is 0 Å². The number of nitrogens with one attached hydrogen (secondary N) is 1. The molecule has 1 aromatic rings. The van der Waals surface area contributed by atoms with Crippen LogP contribution in [0.4, 0.5) is 9.93 Å². The molecule has 0 spiro atoms. The Kier molecular flexibility index (Phi) is 3.96. The molecule has 1 saturated heterocycles. The molecule has 0 saturated carbocycles. The molecule has 2 unspecified atom stereocenters. The Bertz CT molecular complexity index is 492. The summed E-state index contributed by atoms with van der Waals surface area (Å²) in [5, 5.41) is 20.3. The average Bonchev–Trinajstić information content (AvgIpc) is 2.97. The van der Waals surface area contributed by atoms with Crippen molar-refractivity contribution in [1.82, 2.24) is 15.1 Å². The molecule has 2 amide bonds. The van der Waals surface area contributed by atoms with Crippen LogP contribution < -0.4 is 5.32 Å². The van der Waals surface area contributed by atoms with Gasteiger partial charge in [0.15, 0.2) is 0 Å². The summed E-state index contributed by atoms with van der Waals surface area (Å²) in [5.41, 5.74) is 0. The van der Waals surface area contributed by atoms with Crippen LogP contribution in [0.5, 0.6) is 0 Å². The number of nitrogens with zero attached hydrogens (tertiary/aromatic N) is 3. The van der Waals surface area contributed by atoms with Crippen molar-refractivity contribution in [2.24, 2.45) is 5.92 Å². The van der Waals surface area contributed by atoms with Crippen molar-refractivity contribution in [3.05, 3.63) is 5.01 Å². The quantitative estimate of drug-likeness (QED) is 0.834. The van der Waals surface area contributed by atoms with Crippen molar-refractivity contribution in [3.8, 4) is 0 Å². The molecule has 0 bridgehead atoms. The molecule has 2 N–H and O–H groups in total. The second kappa shape index (κ2) is 5.49. The lowest BCUT2D eigenvalue weighted by molar-refractivity contribution is -0.142. The molecule has 1 fully saturated rings. The van der Waals surface area contributed by atoms with Gasteiger partial charge in [0.25, 0.3) is 0 Å². The highest BCUT2D eigenvalue weighted by Gasteiger charge is 2.38. The van der Waals surface area contributed by atoms with E-state index in [-0.39, 0.29) is 13.2 Å². The summed E-state index contributed by atoms with van der Waals surface area (Å²) in [7, 11) is 1.54. The van der Waals surface area contributed by atoms with Gasteiger partial charge in [0.05, 0.1) is 19.3 Å². The lowest BCUT2D eigenvalue weighted by atomic mass is 10.0. The van der Waals surface area contributed by atoms with Crippen molar-refractivity contribution in [2.75, 3.05) is 25.6 Å².